The lowest BCUT2D eigenvalue weighted by atomic mass is 9.88. The van der Waals surface area contributed by atoms with Gasteiger partial charge in [-0.15, -0.1) is 0 Å². The smallest absolute Gasteiger partial charge is 0.274 e. The first-order valence-corrected chi connectivity index (χ1v) is 7.57. The van der Waals surface area contributed by atoms with Gasteiger partial charge >= 0.3 is 0 Å². The second kappa shape index (κ2) is 6.40. The number of rotatable bonds is 5. The molecule has 22 heavy (non-hydrogen) atoms. The van der Waals surface area contributed by atoms with Crippen LogP contribution in [0.15, 0.2) is 29.1 Å². The molecule has 0 aliphatic heterocycles. The number of hydrogen-bond acceptors (Lipinski definition) is 3. The van der Waals surface area contributed by atoms with Crippen LogP contribution in [0.3, 0.4) is 0 Å². The van der Waals surface area contributed by atoms with Crippen molar-refractivity contribution in [1.82, 2.24) is 9.78 Å². The third kappa shape index (κ3) is 3.25. The molecule has 0 radical (unpaired) electrons. The van der Waals surface area contributed by atoms with Crippen LogP contribution >= 0.6 is 0 Å². The molecule has 1 aromatic carbocycles. The number of aromatic amines is 1. The Morgan fingerprint density at radius 2 is 2.05 bits per heavy atom. The van der Waals surface area contributed by atoms with E-state index in [-0.39, 0.29) is 11.0 Å². The summed E-state index contributed by atoms with van der Waals surface area (Å²) in [5.41, 5.74) is 8.02. The highest BCUT2D eigenvalue weighted by atomic mass is 16.5. The Bertz CT molecular complexity index is 693. The average molecular weight is 303 g/mol. The van der Waals surface area contributed by atoms with E-state index in [0.29, 0.717) is 13.0 Å². The highest BCUT2D eigenvalue weighted by molar-refractivity contribution is 5.40. The Morgan fingerprint density at radius 3 is 2.64 bits per heavy atom. The molecular formula is C17H25N3O2. The number of benzene rings is 1. The van der Waals surface area contributed by atoms with E-state index < -0.39 is 0 Å². The molecule has 0 bridgehead atoms. The number of H-pyrrole nitrogens is 1. The van der Waals surface area contributed by atoms with Crippen molar-refractivity contribution in [2.75, 3.05) is 13.7 Å². The molecule has 0 amide bonds. The van der Waals surface area contributed by atoms with Crippen molar-refractivity contribution in [3.8, 4) is 11.4 Å². The first-order chi connectivity index (χ1) is 10.4. The van der Waals surface area contributed by atoms with E-state index in [4.69, 9.17) is 10.5 Å². The summed E-state index contributed by atoms with van der Waals surface area (Å²) in [5.74, 6) is 0.722. The second-order valence-corrected chi connectivity index (χ2v) is 6.45. The number of nitrogens with zero attached hydrogens (tertiary/aromatic N) is 1. The summed E-state index contributed by atoms with van der Waals surface area (Å²) in [6.45, 7) is 6.87. The lowest BCUT2D eigenvalue weighted by molar-refractivity contribution is 0.414. The average Bonchev–Trinajstić information content (AvgIpc) is 2.82. The van der Waals surface area contributed by atoms with Crippen LogP contribution in [0.1, 0.15) is 38.4 Å². The highest BCUT2D eigenvalue weighted by Crippen LogP contribution is 2.24. The molecule has 120 valence electrons. The Labute approximate surface area is 131 Å². The maximum atomic E-state index is 12.8. The summed E-state index contributed by atoms with van der Waals surface area (Å²) in [6.07, 6.45) is 1.49. The van der Waals surface area contributed by atoms with Crippen LogP contribution in [0, 0.1) is 0 Å². The van der Waals surface area contributed by atoms with E-state index in [1.165, 1.54) is 0 Å². The standard InChI is InChI=1S/C17H25N3O2/c1-17(2,3)15-14(9-6-10-18)16(21)20(19-15)12-7-5-8-13(11-12)22-4/h5,7-8,11,19H,6,9-10,18H2,1-4H3. The Hall–Kier alpha value is -2.01. The first-order valence-electron chi connectivity index (χ1n) is 7.57. The van der Waals surface area contributed by atoms with Crippen LogP contribution in [0.5, 0.6) is 5.75 Å². The van der Waals surface area contributed by atoms with E-state index >= 15 is 0 Å². The summed E-state index contributed by atoms with van der Waals surface area (Å²) in [5, 5.41) is 3.27. The van der Waals surface area contributed by atoms with Gasteiger partial charge in [-0.1, -0.05) is 26.8 Å². The maximum absolute atomic E-state index is 12.8. The minimum absolute atomic E-state index is 0.00775. The molecule has 0 fully saturated rings. The van der Waals surface area contributed by atoms with Crippen LogP contribution in [0.4, 0.5) is 0 Å². The normalized spacial score (nSPS) is 11.7. The molecule has 5 nitrogen and oxygen atoms in total. The monoisotopic (exact) mass is 303 g/mol. The fourth-order valence-electron chi connectivity index (χ4n) is 2.53. The van der Waals surface area contributed by atoms with Crippen molar-refractivity contribution in [2.24, 2.45) is 5.73 Å². The minimum Gasteiger partial charge on any atom is -0.497 e. The molecule has 0 atom stereocenters. The number of ether oxygens (including phenoxy) is 1. The zero-order valence-electron chi connectivity index (χ0n) is 13.8. The summed E-state index contributed by atoms with van der Waals surface area (Å²) >= 11 is 0. The topological polar surface area (TPSA) is 73.0 Å². The lowest BCUT2D eigenvalue weighted by Crippen LogP contribution is -2.19. The Morgan fingerprint density at radius 1 is 1.32 bits per heavy atom. The third-order valence-electron chi connectivity index (χ3n) is 3.68. The predicted octanol–water partition coefficient (Wildman–Crippen LogP) is 2.36. The number of aromatic nitrogens is 2. The van der Waals surface area contributed by atoms with Gasteiger partial charge in [-0.25, -0.2) is 4.68 Å². The van der Waals surface area contributed by atoms with Gasteiger partial charge in [0, 0.05) is 22.7 Å². The first kappa shape index (κ1) is 16.4. The molecule has 1 heterocycles. The molecule has 0 saturated carbocycles. The van der Waals surface area contributed by atoms with Crippen molar-refractivity contribution in [3.05, 3.63) is 45.9 Å². The van der Waals surface area contributed by atoms with Crippen LogP contribution in [-0.4, -0.2) is 23.4 Å². The van der Waals surface area contributed by atoms with Gasteiger partial charge in [-0.3, -0.25) is 9.89 Å². The number of methoxy groups -OCH3 is 1. The van der Waals surface area contributed by atoms with E-state index in [1.807, 2.05) is 24.3 Å². The summed E-state index contributed by atoms with van der Waals surface area (Å²) in [4.78, 5) is 12.8. The van der Waals surface area contributed by atoms with E-state index in [9.17, 15) is 4.79 Å². The lowest BCUT2D eigenvalue weighted by Gasteiger charge is -2.18. The van der Waals surface area contributed by atoms with E-state index in [0.717, 1.165) is 29.1 Å². The summed E-state index contributed by atoms with van der Waals surface area (Å²) in [6, 6.07) is 7.46. The van der Waals surface area contributed by atoms with Crippen molar-refractivity contribution in [2.45, 2.75) is 39.0 Å². The van der Waals surface area contributed by atoms with Crippen molar-refractivity contribution >= 4 is 0 Å². The molecular weight excluding hydrogens is 278 g/mol. The van der Waals surface area contributed by atoms with Crippen LogP contribution < -0.4 is 16.0 Å². The van der Waals surface area contributed by atoms with Gasteiger partial charge in [0.15, 0.2) is 0 Å². The molecule has 2 rings (SSSR count). The molecule has 0 aliphatic carbocycles. The quantitative estimate of drug-likeness (QED) is 0.890. The third-order valence-corrected chi connectivity index (χ3v) is 3.68. The fraction of sp³-hybridized carbons (Fsp3) is 0.471. The molecule has 3 N–H and O–H groups in total. The molecule has 0 spiro atoms. The van der Waals surface area contributed by atoms with Crippen LogP contribution in [0.2, 0.25) is 0 Å². The molecule has 0 saturated heterocycles. The zero-order chi connectivity index (χ0) is 16.3. The Balaban J connectivity index is 2.57. The minimum atomic E-state index is -0.132. The SMILES string of the molecule is COc1cccc(-n2[nH]c(C(C)(C)C)c(CCCN)c2=O)c1. The molecule has 1 aromatic heterocycles. The van der Waals surface area contributed by atoms with Gasteiger partial charge in [0.2, 0.25) is 0 Å². The number of hydrogen-bond donors (Lipinski definition) is 2. The van der Waals surface area contributed by atoms with E-state index in [1.54, 1.807) is 11.8 Å². The van der Waals surface area contributed by atoms with E-state index in [2.05, 4.69) is 25.9 Å². The van der Waals surface area contributed by atoms with Crippen LogP contribution in [-0.2, 0) is 11.8 Å². The van der Waals surface area contributed by atoms with Gasteiger partial charge in [0.1, 0.15) is 5.75 Å². The maximum Gasteiger partial charge on any atom is 0.274 e. The van der Waals surface area contributed by atoms with Crippen molar-refractivity contribution in [1.29, 1.82) is 0 Å². The summed E-state index contributed by atoms with van der Waals surface area (Å²) in [7, 11) is 1.61. The van der Waals surface area contributed by atoms with Gasteiger partial charge < -0.3 is 10.5 Å². The van der Waals surface area contributed by atoms with Crippen molar-refractivity contribution < 1.29 is 4.74 Å². The van der Waals surface area contributed by atoms with Gasteiger partial charge in [-0.2, -0.15) is 0 Å². The van der Waals surface area contributed by atoms with Crippen molar-refractivity contribution in [3.63, 3.8) is 0 Å². The number of nitrogens with one attached hydrogen (secondary N) is 1. The highest BCUT2D eigenvalue weighted by Gasteiger charge is 2.24. The molecule has 0 unspecified atom stereocenters. The van der Waals surface area contributed by atoms with Crippen LogP contribution in [0.25, 0.3) is 5.69 Å². The predicted molar refractivity (Wildman–Crippen MR) is 89.0 cm³/mol. The van der Waals surface area contributed by atoms with Gasteiger partial charge in [-0.05, 0) is 31.5 Å². The number of nitrogens with two attached hydrogens (primary N) is 1. The largest absolute Gasteiger partial charge is 0.497 e. The van der Waals surface area contributed by atoms with Gasteiger partial charge in [0.25, 0.3) is 5.56 Å². The Kier molecular flexibility index (Phi) is 4.76. The molecule has 2 aromatic rings. The second-order valence-electron chi connectivity index (χ2n) is 6.45. The molecule has 0 aliphatic rings. The van der Waals surface area contributed by atoms with Gasteiger partial charge in [0.05, 0.1) is 12.8 Å². The molecule has 5 heteroatoms. The fourth-order valence-corrected chi connectivity index (χ4v) is 2.53. The zero-order valence-corrected chi connectivity index (χ0v) is 13.8. The summed E-state index contributed by atoms with van der Waals surface area (Å²) < 4.78 is 6.83.